The van der Waals surface area contributed by atoms with Crippen molar-refractivity contribution in [2.45, 2.75) is 12.8 Å². The van der Waals surface area contributed by atoms with Gasteiger partial charge in [-0.3, -0.25) is 15.0 Å². The van der Waals surface area contributed by atoms with Gasteiger partial charge in [-0.2, -0.15) is 5.26 Å². The van der Waals surface area contributed by atoms with E-state index in [2.05, 4.69) is 15.9 Å². The van der Waals surface area contributed by atoms with Crippen LogP contribution in [0.25, 0.3) is 10.9 Å². The highest BCUT2D eigenvalue weighted by molar-refractivity contribution is 5.88. The summed E-state index contributed by atoms with van der Waals surface area (Å²) in [4.78, 5) is 20.0. The van der Waals surface area contributed by atoms with Crippen molar-refractivity contribution in [3.05, 3.63) is 39.9 Å². The van der Waals surface area contributed by atoms with Crippen LogP contribution in [0.15, 0.2) is 24.3 Å². The molecule has 1 aromatic heterocycles. The number of piperidine rings is 1. The standard InChI is InChI=1S/C20H23N5O3/c21-12-16-10-20(22-19-4-3-17(25(26)27)11-18(16)19)24-5-1-2-15(14-24)13-23-6-8-28-9-7-23/h3-4,10-11,15H,1-2,5-9,13-14H2. The molecule has 0 aliphatic carbocycles. The number of nitro groups is 1. The molecule has 28 heavy (non-hydrogen) atoms. The van der Waals surface area contributed by atoms with Crippen molar-refractivity contribution in [3.63, 3.8) is 0 Å². The lowest BCUT2D eigenvalue weighted by atomic mass is 9.97. The van der Waals surface area contributed by atoms with Crippen molar-refractivity contribution in [3.8, 4) is 6.07 Å². The molecule has 8 nitrogen and oxygen atoms in total. The number of morpholine rings is 1. The van der Waals surface area contributed by atoms with Gasteiger partial charge in [0.25, 0.3) is 5.69 Å². The van der Waals surface area contributed by atoms with E-state index >= 15 is 0 Å². The smallest absolute Gasteiger partial charge is 0.270 e. The van der Waals surface area contributed by atoms with E-state index in [9.17, 15) is 15.4 Å². The molecule has 4 rings (SSSR count). The molecule has 1 unspecified atom stereocenters. The van der Waals surface area contributed by atoms with Gasteiger partial charge in [-0.25, -0.2) is 4.98 Å². The Labute approximate surface area is 163 Å². The molecular formula is C20H23N5O3. The molecule has 0 saturated carbocycles. The predicted octanol–water partition coefficient (Wildman–Crippen LogP) is 2.56. The molecule has 0 radical (unpaired) electrons. The highest BCUT2D eigenvalue weighted by Crippen LogP contribution is 2.29. The van der Waals surface area contributed by atoms with Gasteiger partial charge in [-0.1, -0.05) is 0 Å². The normalized spacial score (nSPS) is 20.8. The number of fused-ring (bicyclic) bond motifs is 1. The lowest BCUT2D eigenvalue weighted by molar-refractivity contribution is -0.384. The van der Waals surface area contributed by atoms with Crippen LogP contribution < -0.4 is 4.90 Å². The third kappa shape index (κ3) is 3.91. The molecule has 0 N–H and O–H groups in total. The predicted molar refractivity (Wildman–Crippen MR) is 105 cm³/mol. The Morgan fingerprint density at radius 3 is 2.86 bits per heavy atom. The number of aromatic nitrogens is 1. The average molecular weight is 381 g/mol. The van der Waals surface area contributed by atoms with Crippen LogP contribution in [0.1, 0.15) is 18.4 Å². The first kappa shape index (κ1) is 18.6. The SMILES string of the molecule is N#Cc1cc(N2CCCC(CN3CCOCC3)C2)nc2ccc([N+](=O)[O-])cc12. The largest absolute Gasteiger partial charge is 0.379 e. The fraction of sp³-hybridized carbons (Fsp3) is 0.500. The minimum atomic E-state index is -0.449. The summed E-state index contributed by atoms with van der Waals surface area (Å²) >= 11 is 0. The summed E-state index contributed by atoms with van der Waals surface area (Å²) in [5.74, 6) is 1.34. The summed E-state index contributed by atoms with van der Waals surface area (Å²) < 4.78 is 5.43. The number of rotatable bonds is 4. The van der Waals surface area contributed by atoms with Crippen molar-refractivity contribution < 1.29 is 9.66 Å². The maximum atomic E-state index is 11.0. The zero-order valence-electron chi connectivity index (χ0n) is 15.7. The maximum Gasteiger partial charge on any atom is 0.270 e. The van der Waals surface area contributed by atoms with Crippen molar-refractivity contribution in [2.24, 2.45) is 5.92 Å². The van der Waals surface area contributed by atoms with Gasteiger partial charge in [0.05, 0.1) is 35.3 Å². The van der Waals surface area contributed by atoms with Gasteiger partial charge in [-0.15, -0.1) is 0 Å². The van der Waals surface area contributed by atoms with E-state index in [0.29, 0.717) is 22.4 Å². The minimum absolute atomic E-state index is 0.0258. The number of pyridine rings is 1. The van der Waals surface area contributed by atoms with Crippen molar-refractivity contribution in [1.29, 1.82) is 5.26 Å². The van der Waals surface area contributed by atoms with Crippen LogP contribution >= 0.6 is 0 Å². The highest BCUT2D eigenvalue weighted by atomic mass is 16.6. The molecule has 2 saturated heterocycles. The fourth-order valence-corrected chi connectivity index (χ4v) is 4.14. The second-order valence-electron chi connectivity index (χ2n) is 7.47. The van der Waals surface area contributed by atoms with Crippen LogP contribution in [-0.4, -0.2) is 60.7 Å². The number of non-ortho nitro benzene ring substituents is 1. The first-order valence-electron chi connectivity index (χ1n) is 9.68. The molecule has 0 spiro atoms. The molecule has 3 heterocycles. The van der Waals surface area contributed by atoms with Gasteiger partial charge >= 0.3 is 0 Å². The van der Waals surface area contributed by atoms with Crippen LogP contribution in [0.4, 0.5) is 11.5 Å². The number of benzene rings is 1. The van der Waals surface area contributed by atoms with E-state index in [1.165, 1.54) is 18.6 Å². The maximum absolute atomic E-state index is 11.0. The molecule has 1 aromatic carbocycles. The number of hydrogen-bond acceptors (Lipinski definition) is 7. The van der Waals surface area contributed by atoms with E-state index in [1.807, 2.05) is 0 Å². The van der Waals surface area contributed by atoms with Gasteiger partial charge in [0.1, 0.15) is 5.82 Å². The summed E-state index contributed by atoms with van der Waals surface area (Å²) in [5.41, 5.74) is 1.02. The molecule has 2 fully saturated rings. The summed E-state index contributed by atoms with van der Waals surface area (Å²) in [5, 5.41) is 21.1. The molecule has 8 heteroatoms. The second-order valence-corrected chi connectivity index (χ2v) is 7.47. The summed E-state index contributed by atoms with van der Waals surface area (Å²) in [6.45, 7) is 6.47. The van der Waals surface area contributed by atoms with Gasteiger partial charge in [0, 0.05) is 50.2 Å². The van der Waals surface area contributed by atoms with E-state index in [0.717, 1.165) is 58.2 Å². The fourth-order valence-electron chi connectivity index (χ4n) is 4.14. The van der Waals surface area contributed by atoms with E-state index in [4.69, 9.17) is 9.72 Å². The first-order chi connectivity index (χ1) is 13.6. The number of ether oxygens (including phenoxy) is 1. The zero-order chi connectivity index (χ0) is 19.5. The Hall–Kier alpha value is -2.76. The van der Waals surface area contributed by atoms with Crippen molar-refractivity contribution in [2.75, 3.05) is 50.8 Å². The van der Waals surface area contributed by atoms with Crippen LogP contribution in [0.2, 0.25) is 0 Å². The molecule has 1 atom stereocenters. The van der Waals surface area contributed by atoms with Crippen molar-refractivity contribution in [1.82, 2.24) is 9.88 Å². The lowest BCUT2D eigenvalue weighted by Gasteiger charge is -2.37. The number of nitriles is 1. The van der Waals surface area contributed by atoms with Crippen LogP contribution in [0.5, 0.6) is 0 Å². The lowest BCUT2D eigenvalue weighted by Crippen LogP contribution is -2.44. The van der Waals surface area contributed by atoms with Crippen LogP contribution in [0.3, 0.4) is 0 Å². The molecule has 146 valence electrons. The number of anilines is 1. The van der Waals surface area contributed by atoms with Gasteiger partial charge in [0.2, 0.25) is 0 Å². The van der Waals surface area contributed by atoms with Gasteiger partial charge in [0.15, 0.2) is 0 Å². The third-order valence-electron chi connectivity index (χ3n) is 5.57. The first-order valence-corrected chi connectivity index (χ1v) is 9.68. The summed E-state index contributed by atoms with van der Waals surface area (Å²) in [6.07, 6.45) is 2.29. The van der Waals surface area contributed by atoms with Crippen LogP contribution in [-0.2, 0) is 4.74 Å². The quantitative estimate of drug-likeness (QED) is 0.593. The number of nitro benzene ring substituents is 1. The van der Waals surface area contributed by atoms with Crippen LogP contribution in [0, 0.1) is 27.4 Å². The third-order valence-corrected chi connectivity index (χ3v) is 5.57. The molecule has 2 aliphatic rings. The Morgan fingerprint density at radius 1 is 1.29 bits per heavy atom. The summed E-state index contributed by atoms with van der Waals surface area (Å²) in [6, 6.07) is 8.45. The minimum Gasteiger partial charge on any atom is -0.379 e. The number of nitrogens with zero attached hydrogens (tertiary/aromatic N) is 5. The Bertz CT molecular complexity index is 920. The van der Waals surface area contributed by atoms with Gasteiger partial charge < -0.3 is 9.64 Å². The van der Waals surface area contributed by atoms with Crippen molar-refractivity contribution >= 4 is 22.4 Å². The molecule has 0 bridgehead atoms. The average Bonchev–Trinajstić information content (AvgIpc) is 2.73. The van der Waals surface area contributed by atoms with E-state index in [1.54, 1.807) is 12.1 Å². The Balaban J connectivity index is 1.56. The topological polar surface area (TPSA) is 95.5 Å². The molecule has 2 aliphatic heterocycles. The zero-order valence-corrected chi connectivity index (χ0v) is 15.7. The monoisotopic (exact) mass is 381 g/mol. The van der Waals surface area contributed by atoms with E-state index in [-0.39, 0.29) is 5.69 Å². The molecule has 2 aromatic rings. The molecular weight excluding hydrogens is 358 g/mol. The number of hydrogen-bond donors (Lipinski definition) is 0. The van der Waals surface area contributed by atoms with E-state index < -0.39 is 4.92 Å². The second kappa shape index (κ2) is 8.09. The molecule has 0 amide bonds. The van der Waals surface area contributed by atoms with Gasteiger partial charge in [-0.05, 0) is 30.9 Å². The highest BCUT2D eigenvalue weighted by Gasteiger charge is 2.24. The Morgan fingerprint density at radius 2 is 2.11 bits per heavy atom. The summed E-state index contributed by atoms with van der Waals surface area (Å²) in [7, 11) is 0. The Kier molecular flexibility index (Phi) is 5.37.